The molecule has 0 saturated carbocycles. The van der Waals surface area contributed by atoms with Crippen molar-refractivity contribution in [1.82, 2.24) is 9.97 Å². The van der Waals surface area contributed by atoms with Crippen LogP contribution in [0.4, 0.5) is 17.5 Å². The third-order valence-electron chi connectivity index (χ3n) is 1.44. The van der Waals surface area contributed by atoms with E-state index in [0.29, 0.717) is 6.54 Å². The zero-order chi connectivity index (χ0) is 10.7. The molecule has 0 saturated heterocycles. The SMILES string of the molecule is CCNc1nc(N)[nH]c(=O)c1[N+](=O)[O-]. The summed E-state index contributed by atoms with van der Waals surface area (Å²) in [5, 5.41) is 13.1. The number of nitrogens with one attached hydrogen (secondary N) is 2. The van der Waals surface area contributed by atoms with Crippen molar-refractivity contribution in [3.05, 3.63) is 20.5 Å². The summed E-state index contributed by atoms with van der Waals surface area (Å²) in [6, 6.07) is 0. The van der Waals surface area contributed by atoms with Crippen LogP contribution in [0, 0.1) is 10.1 Å². The molecule has 0 spiro atoms. The number of aromatic amines is 1. The summed E-state index contributed by atoms with van der Waals surface area (Å²) >= 11 is 0. The number of H-pyrrole nitrogens is 1. The fraction of sp³-hybridized carbons (Fsp3) is 0.333. The van der Waals surface area contributed by atoms with Gasteiger partial charge in [0.05, 0.1) is 4.92 Å². The maximum Gasteiger partial charge on any atom is 0.375 e. The van der Waals surface area contributed by atoms with Crippen molar-refractivity contribution in [2.24, 2.45) is 0 Å². The topological polar surface area (TPSA) is 127 Å². The Labute approximate surface area is 78.3 Å². The van der Waals surface area contributed by atoms with E-state index in [0.717, 1.165) is 0 Å². The van der Waals surface area contributed by atoms with E-state index in [-0.39, 0.29) is 11.8 Å². The Morgan fingerprint density at radius 1 is 1.71 bits per heavy atom. The molecule has 1 aromatic rings. The van der Waals surface area contributed by atoms with Gasteiger partial charge in [-0.05, 0) is 6.92 Å². The Morgan fingerprint density at radius 2 is 2.36 bits per heavy atom. The zero-order valence-corrected chi connectivity index (χ0v) is 7.40. The van der Waals surface area contributed by atoms with Gasteiger partial charge < -0.3 is 11.1 Å². The van der Waals surface area contributed by atoms with Crippen molar-refractivity contribution in [1.29, 1.82) is 0 Å². The predicted molar refractivity (Wildman–Crippen MR) is 50.1 cm³/mol. The van der Waals surface area contributed by atoms with Gasteiger partial charge in [-0.25, -0.2) is 0 Å². The number of nitro groups is 1. The van der Waals surface area contributed by atoms with Gasteiger partial charge in [-0.15, -0.1) is 0 Å². The molecule has 0 aliphatic rings. The molecule has 0 fully saturated rings. The first-order chi connectivity index (χ1) is 6.56. The summed E-state index contributed by atoms with van der Waals surface area (Å²) in [5.74, 6) is -0.268. The first-order valence-electron chi connectivity index (χ1n) is 3.84. The standard InChI is InChI=1S/C6H9N5O3/c1-2-8-4-3(11(13)14)5(12)10-6(7)9-4/h2H2,1H3,(H4,7,8,9,10,12). The van der Waals surface area contributed by atoms with Gasteiger partial charge >= 0.3 is 11.2 Å². The van der Waals surface area contributed by atoms with Crippen LogP contribution in [0.3, 0.4) is 0 Å². The molecule has 1 heterocycles. The highest BCUT2D eigenvalue weighted by Gasteiger charge is 2.20. The van der Waals surface area contributed by atoms with Gasteiger partial charge in [0.15, 0.2) is 0 Å². The van der Waals surface area contributed by atoms with Gasteiger partial charge in [0.2, 0.25) is 11.8 Å². The molecule has 0 radical (unpaired) electrons. The van der Waals surface area contributed by atoms with E-state index in [1.807, 2.05) is 4.98 Å². The predicted octanol–water partition coefficient (Wildman–Crippen LogP) is -0.308. The van der Waals surface area contributed by atoms with E-state index in [1.54, 1.807) is 6.92 Å². The lowest BCUT2D eigenvalue weighted by molar-refractivity contribution is -0.385. The summed E-state index contributed by atoms with van der Waals surface area (Å²) in [5.41, 5.74) is 3.74. The highest BCUT2D eigenvalue weighted by atomic mass is 16.6. The molecule has 0 unspecified atom stereocenters. The van der Waals surface area contributed by atoms with Crippen LogP contribution >= 0.6 is 0 Å². The number of aromatic nitrogens is 2. The molecule has 14 heavy (non-hydrogen) atoms. The summed E-state index contributed by atoms with van der Waals surface area (Å²) in [6.07, 6.45) is 0. The molecule has 1 aromatic heterocycles. The Hall–Kier alpha value is -2.12. The quantitative estimate of drug-likeness (QED) is 0.452. The van der Waals surface area contributed by atoms with E-state index in [9.17, 15) is 14.9 Å². The highest BCUT2D eigenvalue weighted by Crippen LogP contribution is 2.15. The number of anilines is 2. The molecule has 0 atom stereocenters. The van der Waals surface area contributed by atoms with E-state index in [4.69, 9.17) is 5.73 Å². The molecule has 0 aliphatic heterocycles. The minimum atomic E-state index is -0.863. The maximum absolute atomic E-state index is 11.1. The number of nitrogens with two attached hydrogens (primary N) is 1. The molecule has 0 bridgehead atoms. The fourth-order valence-corrected chi connectivity index (χ4v) is 0.944. The van der Waals surface area contributed by atoms with Crippen molar-refractivity contribution in [2.45, 2.75) is 6.92 Å². The first kappa shape index (κ1) is 9.96. The Kier molecular flexibility index (Phi) is 2.65. The van der Waals surface area contributed by atoms with Gasteiger partial charge in [0.1, 0.15) is 0 Å². The third-order valence-corrected chi connectivity index (χ3v) is 1.44. The minimum absolute atomic E-state index is 0.112. The van der Waals surface area contributed by atoms with E-state index < -0.39 is 16.2 Å². The van der Waals surface area contributed by atoms with Crippen LogP contribution in [0.25, 0.3) is 0 Å². The van der Waals surface area contributed by atoms with E-state index in [1.165, 1.54) is 0 Å². The second-order valence-electron chi connectivity index (χ2n) is 2.44. The van der Waals surface area contributed by atoms with Crippen molar-refractivity contribution in [3.8, 4) is 0 Å². The highest BCUT2D eigenvalue weighted by molar-refractivity contribution is 5.56. The summed E-state index contributed by atoms with van der Waals surface area (Å²) < 4.78 is 0. The number of nitrogens with zero attached hydrogens (tertiary/aromatic N) is 2. The molecule has 8 heteroatoms. The number of rotatable bonds is 3. The number of hydrogen-bond acceptors (Lipinski definition) is 6. The van der Waals surface area contributed by atoms with Gasteiger partial charge in [0.25, 0.3) is 0 Å². The average molecular weight is 199 g/mol. The zero-order valence-electron chi connectivity index (χ0n) is 7.40. The number of hydrogen-bond donors (Lipinski definition) is 3. The molecule has 8 nitrogen and oxygen atoms in total. The number of nitrogen functional groups attached to an aromatic ring is 1. The van der Waals surface area contributed by atoms with Gasteiger partial charge in [0, 0.05) is 6.54 Å². The Bertz CT molecular complexity index is 412. The third kappa shape index (κ3) is 1.79. The summed E-state index contributed by atoms with van der Waals surface area (Å²) in [4.78, 5) is 26.5. The second-order valence-corrected chi connectivity index (χ2v) is 2.44. The molecule has 4 N–H and O–H groups in total. The molecular formula is C6H9N5O3. The normalized spacial score (nSPS) is 9.79. The molecule has 76 valence electrons. The van der Waals surface area contributed by atoms with Crippen molar-refractivity contribution < 1.29 is 4.92 Å². The largest absolute Gasteiger partial charge is 0.375 e. The van der Waals surface area contributed by atoms with Crippen LogP contribution < -0.4 is 16.6 Å². The summed E-state index contributed by atoms with van der Waals surface area (Å²) in [7, 11) is 0. The van der Waals surface area contributed by atoms with Gasteiger partial charge in [-0.2, -0.15) is 4.98 Å². The van der Waals surface area contributed by atoms with Crippen LogP contribution in [0.5, 0.6) is 0 Å². The summed E-state index contributed by atoms with van der Waals surface area (Å²) in [6.45, 7) is 2.14. The molecular weight excluding hydrogens is 190 g/mol. The van der Waals surface area contributed by atoms with Crippen molar-refractivity contribution in [2.75, 3.05) is 17.6 Å². The fourth-order valence-electron chi connectivity index (χ4n) is 0.944. The molecule has 0 aromatic carbocycles. The van der Waals surface area contributed by atoms with Crippen LogP contribution in [-0.2, 0) is 0 Å². The maximum atomic E-state index is 11.1. The lowest BCUT2D eigenvalue weighted by atomic mass is 10.4. The molecule has 0 aliphatic carbocycles. The lowest BCUT2D eigenvalue weighted by Gasteiger charge is -2.02. The van der Waals surface area contributed by atoms with Crippen molar-refractivity contribution >= 4 is 17.5 Å². The van der Waals surface area contributed by atoms with Crippen LogP contribution in [-0.4, -0.2) is 21.4 Å². The Morgan fingerprint density at radius 3 is 2.86 bits per heavy atom. The Balaban J connectivity index is 3.36. The minimum Gasteiger partial charge on any atom is -0.369 e. The van der Waals surface area contributed by atoms with Crippen LogP contribution in [0.1, 0.15) is 6.92 Å². The van der Waals surface area contributed by atoms with Crippen molar-refractivity contribution in [3.63, 3.8) is 0 Å². The molecule has 0 amide bonds. The lowest BCUT2D eigenvalue weighted by Crippen LogP contribution is -2.18. The monoisotopic (exact) mass is 199 g/mol. The van der Waals surface area contributed by atoms with E-state index in [2.05, 4.69) is 10.3 Å². The van der Waals surface area contributed by atoms with Gasteiger partial charge in [-0.3, -0.25) is 19.9 Å². The smallest absolute Gasteiger partial charge is 0.369 e. The second kappa shape index (κ2) is 3.73. The van der Waals surface area contributed by atoms with E-state index >= 15 is 0 Å². The average Bonchev–Trinajstić information content (AvgIpc) is 2.01. The molecule has 1 rings (SSSR count). The van der Waals surface area contributed by atoms with Crippen LogP contribution in [0.2, 0.25) is 0 Å². The first-order valence-corrected chi connectivity index (χ1v) is 3.84. The van der Waals surface area contributed by atoms with Crippen LogP contribution in [0.15, 0.2) is 4.79 Å². The van der Waals surface area contributed by atoms with Gasteiger partial charge in [-0.1, -0.05) is 0 Å².